The summed E-state index contributed by atoms with van der Waals surface area (Å²) in [5.74, 6) is 0.120. The van der Waals surface area contributed by atoms with Crippen LogP contribution < -0.4 is 16.0 Å². The van der Waals surface area contributed by atoms with E-state index in [0.717, 1.165) is 5.69 Å². The van der Waals surface area contributed by atoms with Crippen LogP contribution in [0.5, 0.6) is 0 Å². The molecule has 5 nitrogen and oxygen atoms in total. The van der Waals surface area contributed by atoms with Crippen LogP contribution >= 0.6 is 11.6 Å². The van der Waals surface area contributed by atoms with Gasteiger partial charge in [0.1, 0.15) is 5.82 Å². The monoisotopic (exact) mass is 290 g/mol. The summed E-state index contributed by atoms with van der Waals surface area (Å²) in [6.07, 6.45) is 1.53. The summed E-state index contributed by atoms with van der Waals surface area (Å²) >= 11 is 5.84. The fraction of sp³-hybridized carbons (Fsp3) is 0.143. The molecular formula is C14H15ClN4O. The number of benzene rings is 1. The molecule has 1 aromatic heterocycles. The number of amides is 1. The van der Waals surface area contributed by atoms with Crippen molar-refractivity contribution in [2.75, 3.05) is 30.0 Å². The van der Waals surface area contributed by atoms with Crippen LogP contribution in [0.2, 0.25) is 5.02 Å². The second kappa shape index (κ2) is 5.79. The molecule has 1 amide bonds. The molecule has 0 fully saturated rings. The normalized spacial score (nSPS) is 10.2. The SMILES string of the molecule is CN(C)c1ccc(C(=O)Nc2cc(Cl)ccn2)cc1N. The average Bonchev–Trinajstić information content (AvgIpc) is 2.38. The number of carbonyl (C=O) groups excluding carboxylic acids is 1. The highest BCUT2D eigenvalue weighted by Crippen LogP contribution is 2.23. The molecule has 2 rings (SSSR count). The third-order valence-corrected chi connectivity index (χ3v) is 2.97. The zero-order valence-corrected chi connectivity index (χ0v) is 12.0. The van der Waals surface area contributed by atoms with Gasteiger partial charge in [-0.3, -0.25) is 4.79 Å². The van der Waals surface area contributed by atoms with Gasteiger partial charge in [0.15, 0.2) is 0 Å². The van der Waals surface area contributed by atoms with E-state index in [1.807, 2.05) is 19.0 Å². The van der Waals surface area contributed by atoms with E-state index >= 15 is 0 Å². The van der Waals surface area contributed by atoms with Crippen LogP contribution in [0.25, 0.3) is 0 Å². The van der Waals surface area contributed by atoms with Gasteiger partial charge in [0.25, 0.3) is 5.91 Å². The smallest absolute Gasteiger partial charge is 0.256 e. The van der Waals surface area contributed by atoms with E-state index in [1.54, 1.807) is 30.3 Å². The van der Waals surface area contributed by atoms with Crippen molar-refractivity contribution in [1.82, 2.24) is 4.98 Å². The zero-order chi connectivity index (χ0) is 14.7. The van der Waals surface area contributed by atoms with E-state index in [-0.39, 0.29) is 5.91 Å². The lowest BCUT2D eigenvalue weighted by Crippen LogP contribution is -2.15. The maximum Gasteiger partial charge on any atom is 0.256 e. The molecule has 104 valence electrons. The highest BCUT2D eigenvalue weighted by atomic mass is 35.5. The van der Waals surface area contributed by atoms with Crippen molar-refractivity contribution in [3.05, 3.63) is 47.1 Å². The van der Waals surface area contributed by atoms with E-state index in [9.17, 15) is 4.79 Å². The average molecular weight is 291 g/mol. The lowest BCUT2D eigenvalue weighted by molar-refractivity contribution is 0.102. The van der Waals surface area contributed by atoms with Gasteiger partial charge in [-0.05, 0) is 30.3 Å². The minimum Gasteiger partial charge on any atom is -0.397 e. The fourth-order valence-corrected chi connectivity index (χ4v) is 1.92. The number of anilines is 3. The number of carbonyl (C=O) groups is 1. The first-order valence-electron chi connectivity index (χ1n) is 5.97. The number of nitrogens with two attached hydrogens (primary N) is 1. The highest BCUT2D eigenvalue weighted by molar-refractivity contribution is 6.30. The van der Waals surface area contributed by atoms with Crippen LogP contribution in [0.1, 0.15) is 10.4 Å². The summed E-state index contributed by atoms with van der Waals surface area (Å²) in [6, 6.07) is 8.37. The van der Waals surface area contributed by atoms with Gasteiger partial charge in [0, 0.05) is 30.9 Å². The Hall–Kier alpha value is -2.27. The van der Waals surface area contributed by atoms with Crippen LogP contribution in [0, 0.1) is 0 Å². The quantitative estimate of drug-likeness (QED) is 0.853. The Bertz CT molecular complexity index is 643. The molecule has 0 atom stereocenters. The standard InChI is InChI=1S/C14H15ClN4O/c1-19(2)12-4-3-9(7-11(12)16)14(20)18-13-8-10(15)5-6-17-13/h3-8H,16H2,1-2H3,(H,17,18,20). The first-order valence-corrected chi connectivity index (χ1v) is 6.35. The molecule has 0 spiro atoms. The number of hydrogen-bond donors (Lipinski definition) is 2. The summed E-state index contributed by atoms with van der Waals surface area (Å²) < 4.78 is 0. The third-order valence-electron chi connectivity index (χ3n) is 2.74. The first-order chi connectivity index (χ1) is 9.47. The van der Waals surface area contributed by atoms with E-state index in [0.29, 0.717) is 22.1 Å². The van der Waals surface area contributed by atoms with Crippen LogP contribution in [0.4, 0.5) is 17.2 Å². The van der Waals surface area contributed by atoms with Gasteiger partial charge >= 0.3 is 0 Å². The van der Waals surface area contributed by atoms with Crippen molar-refractivity contribution < 1.29 is 4.79 Å². The van der Waals surface area contributed by atoms with Crippen LogP contribution in [-0.4, -0.2) is 25.0 Å². The van der Waals surface area contributed by atoms with Crippen molar-refractivity contribution >= 4 is 34.7 Å². The number of rotatable bonds is 3. The minimum atomic E-state index is -0.281. The number of nitrogens with zero attached hydrogens (tertiary/aromatic N) is 2. The van der Waals surface area contributed by atoms with Gasteiger partial charge in [-0.2, -0.15) is 0 Å². The van der Waals surface area contributed by atoms with Crippen LogP contribution in [0.3, 0.4) is 0 Å². The van der Waals surface area contributed by atoms with Gasteiger partial charge in [-0.25, -0.2) is 4.98 Å². The second-order valence-corrected chi connectivity index (χ2v) is 4.92. The molecule has 0 unspecified atom stereocenters. The summed E-state index contributed by atoms with van der Waals surface area (Å²) in [7, 11) is 3.78. The zero-order valence-electron chi connectivity index (χ0n) is 11.2. The van der Waals surface area contributed by atoms with Gasteiger partial charge in [0.05, 0.1) is 11.4 Å². The number of pyridine rings is 1. The number of hydrogen-bond acceptors (Lipinski definition) is 4. The maximum atomic E-state index is 12.1. The summed E-state index contributed by atoms with van der Waals surface area (Å²) in [6.45, 7) is 0. The molecule has 0 saturated carbocycles. The van der Waals surface area contributed by atoms with E-state index in [2.05, 4.69) is 10.3 Å². The second-order valence-electron chi connectivity index (χ2n) is 4.48. The predicted molar refractivity (Wildman–Crippen MR) is 82.4 cm³/mol. The van der Waals surface area contributed by atoms with Crippen LogP contribution in [0.15, 0.2) is 36.5 Å². The third kappa shape index (κ3) is 3.19. The summed E-state index contributed by atoms with van der Waals surface area (Å²) in [4.78, 5) is 18.0. The molecule has 0 aliphatic heterocycles. The lowest BCUT2D eigenvalue weighted by Gasteiger charge is -2.15. The molecule has 0 bridgehead atoms. The largest absolute Gasteiger partial charge is 0.397 e. The lowest BCUT2D eigenvalue weighted by atomic mass is 10.1. The van der Waals surface area contributed by atoms with E-state index < -0.39 is 0 Å². The maximum absolute atomic E-state index is 12.1. The van der Waals surface area contributed by atoms with Crippen molar-refractivity contribution in [2.24, 2.45) is 0 Å². The molecule has 20 heavy (non-hydrogen) atoms. The molecule has 6 heteroatoms. The number of nitrogen functional groups attached to an aromatic ring is 1. The van der Waals surface area contributed by atoms with Gasteiger partial charge in [-0.15, -0.1) is 0 Å². The Labute approximate surface area is 122 Å². The summed E-state index contributed by atoms with van der Waals surface area (Å²) in [5, 5.41) is 3.18. The van der Waals surface area contributed by atoms with E-state index in [1.165, 1.54) is 6.20 Å². The van der Waals surface area contributed by atoms with Crippen LogP contribution in [-0.2, 0) is 0 Å². The minimum absolute atomic E-state index is 0.281. The molecule has 0 radical (unpaired) electrons. The first kappa shape index (κ1) is 14.1. The molecule has 1 aromatic carbocycles. The molecular weight excluding hydrogens is 276 g/mol. The molecule has 1 heterocycles. The van der Waals surface area contributed by atoms with E-state index in [4.69, 9.17) is 17.3 Å². The Kier molecular flexibility index (Phi) is 4.10. The Balaban J connectivity index is 2.19. The fourth-order valence-electron chi connectivity index (χ4n) is 1.76. The number of nitrogens with one attached hydrogen (secondary N) is 1. The topological polar surface area (TPSA) is 71.2 Å². The van der Waals surface area contributed by atoms with Crippen molar-refractivity contribution in [1.29, 1.82) is 0 Å². The molecule has 0 saturated heterocycles. The molecule has 3 N–H and O–H groups in total. The van der Waals surface area contributed by atoms with Crippen molar-refractivity contribution in [3.8, 4) is 0 Å². The molecule has 2 aromatic rings. The van der Waals surface area contributed by atoms with Gasteiger partial charge < -0.3 is 16.0 Å². The highest BCUT2D eigenvalue weighted by Gasteiger charge is 2.10. The van der Waals surface area contributed by atoms with Crippen molar-refractivity contribution in [3.63, 3.8) is 0 Å². The number of aromatic nitrogens is 1. The molecule has 0 aliphatic carbocycles. The molecule has 0 aliphatic rings. The predicted octanol–water partition coefficient (Wildman–Crippen LogP) is 2.64. The van der Waals surface area contributed by atoms with Crippen molar-refractivity contribution in [2.45, 2.75) is 0 Å². The Morgan fingerprint density at radius 2 is 2.05 bits per heavy atom. The Morgan fingerprint density at radius 1 is 1.30 bits per heavy atom. The van der Waals surface area contributed by atoms with Gasteiger partial charge in [-0.1, -0.05) is 11.6 Å². The number of halogens is 1. The van der Waals surface area contributed by atoms with Gasteiger partial charge in [0.2, 0.25) is 0 Å². The summed E-state index contributed by atoms with van der Waals surface area (Å²) in [5.41, 5.74) is 7.79. The Morgan fingerprint density at radius 3 is 2.65 bits per heavy atom.